The lowest BCUT2D eigenvalue weighted by molar-refractivity contribution is 0.792. The Balaban J connectivity index is 3.22. The van der Waals surface area contributed by atoms with Gasteiger partial charge < -0.3 is 11.6 Å². The highest BCUT2D eigenvalue weighted by Gasteiger charge is 2.06. The van der Waals surface area contributed by atoms with Crippen LogP contribution in [0, 0.1) is 5.92 Å². The van der Waals surface area contributed by atoms with Crippen LogP contribution in [0.15, 0.2) is 59.7 Å². The lowest BCUT2D eigenvalue weighted by Crippen LogP contribution is -2.17. The molecule has 0 atom stereocenters. The minimum absolute atomic E-state index is 0.338. The van der Waals surface area contributed by atoms with Crippen molar-refractivity contribution in [2.24, 2.45) is 22.6 Å². The first-order valence-corrected chi connectivity index (χ1v) is 6.65. The summed E-state index contributed by atoms with van der Waals surface area (Å²) in [5, 5.41) is 3.58. The first-order chi connectivity index (χ1) is 9.51. The molecule has 0 unspecified atom stereocenters. The number of hydrogen-bond donors (Lipinski definition) is 2. The molecule has 1 aromatic carbocycles. The van der Waals surface area contributed by atoms with Gasteiger partial charge in [0.2, 0.25) is 0 Å². The molecule has 0 heterocycles. The minimum atomic E-state index is 0.338. The molecular weight excluding hydrogens is 246 g/mol. The third kappa shape index (κ3) is 3.85. The molecule has 1 rings (SSSR count). The molecule has 0 saturated carbocycles. The van der Waals surface area contributed by atoms with E-state index in [9.17, 15) is 0 Å². The molecule has 3 nitrogen and oxygen atoms in total. The van der Waals surface area contributed by atoms with Gasteiger partial charge in [-0.1, -0.05) is 62.9 Å². The molecule has 0 aromatic heterocycles. The van der Waals surface area contributed by atoms with Gasteiger partial charge in [0.15, 0.2) is 5.84 Å². The largest absolute Gasteiger partial charge is 0.382 e. The molecule has 0 aliphatic rings. The highest BCUT2D eigenvalue weighted by molar-refractivity contribution is 6.01. The van der Waals surface area contributed by atoms with Crippen LogP contribution in [0.2, 0.25) is 0 Å². The monoisotopic (exact) mass is 269 g/mol. The second kappa shape index (κ2) is 7.34. The first-order valence-electron chi connectivity index (χ1n) is 6.65. The zero-order valence-corrected chi connectivity index (χ0v) is 12.4. The summed E-state index contributed by atoms with van der Waals surface area (Å²) in [6.45, 7) is 10.2. The van der Waals surface area contributed by atoms with Crippen LogP contribution in [0.3, 0.4) is 0 Å². The standard InChI is InChI=1S/C17H23N3/c1-5-14(12(2)3)11-10-13(4)15-8-6-7-9-16(15)17(18)20-19/h5-12H,1,19H2,2-4H3,(H2,18,20)/b13-10+,14-11+. The van der Waals surface area contributed by atoms with E-state index in [1.54, 1.807) is 0 Å². The van der Waals surface area contributed by atoms with Crippen molar-refractivity contribution in [1.82, 2.24) is 0 Å². The maximum absolute atomic E-state index is 5.83. The molecular formula is C17H23N3. The number of nitrogens with zero attached hydrogens (tertiary/aromatic N) is 1. The Labute approximate surface area is 121 Å². The predicted molar refractivity (Wildman–Crippen MR) is 88.1 cm³/mol. The van der Waals surface area contributed by atoms with Crippen molar-refractivity contribution < 1.29 is 0 Å². The highest BCUT2D eigenvalue weighted by atomic mass is 15.2. The van der Waals surface area contributed by atoms with Crippen LogP contribution in [0.4, 0.5) is 0 Å². The first kappa shape index (κ1) is 15.8. The fraction of sp³-hybridized carbons (Fsp3) is 0.235. The Morgan fingerprint density at radius 1 is 1.20 bits per heavy atom. The maximum Gasteiger partial charge on any atom is 0.150 e. The summed E-state index contributed by atoms with van der Waals surface area (Å²) in [6, 6.07) is 7.82. The molecule has 20 heavy (non-hydrogen) atoms. The van der Waals surface area contributed by atoms with Gasteiger partial charge in [-0.15, -0.1) is 0 Å². The normalized spacial score (nSPS) is 13.7. The molecule has 3 heteroatoms. The van der Waals surface area contributed by atoms with E-state index >= 15 is 0 Å². The zero-order chi connectivity index (χ0) is 15.1. The van der Waals surface area contributed by atoms with E-state index in [0.29, 0.717) is 11.8 Å². The van der Waals surface area contributed by atoms with Crippen molar-refractivity contribution >= 4 is 11.4 Å². The number of allylic oxidation sites excluding steroid dienone is 5. The summed E-state index contributed by atoms with van der Waals surface area (Å²) >= 11 is 0. The highest BCUT2D eigenvalue weighted by Crippen LogP contribution is 2.20. The van der Waals surface area contributed by atoms with Gasteiger partial charge in [0.1, 0.15) is 0 Å². The van der Waals surface area contributed by atoms with Crippen LogP contribution in [0.25, 0.3) is 5.57 Å². The Morgan fingerprint density at radius 3 is 2.30 bits per heavy atom. The number of nitrogens with two attached hydrogens (primary N) is 2. The van der Waals surface area contributed by atoms with E-state index in [2.05, 4.69) is 37.7 Å². The van der Waals surface area contributed by atoms with Gasteiger partial charge in [-0.05, 0) is 29.6 Å². The second-order valence-corrected chi connectivity index (χ2v) is 4.94. The third-order valence-electron chi connectivity index (χ3n) is 3.20. The SMILES string of the molecule is C=C/C(=C\C=C(/C)c1ccccc1/C(N)=N/N)C(C)C. The summed E-state index contributed by atoms with van der Waals surface area (Å²) < 4.78 is 0. The van der Waals surface area contributed by atoms with Crippen molar-refractivity contribution in [3.8, 4) is 0 Å². The molecule has 0 radical (unpaired) electrons. The van der Waals surface area contributed by atoms with E-state index < -0.39 is 0 Å². The minimum Gasteiger partial charge on any atom is -0.382 e. The van der Waals surface area contributed by atoms with Crippen molar-refractivity contribution in [1.29, 1.82) is 0 Å². The van der Waals surface area contributed by atoms with E-state index in [4.69, 9.17) is 11.6 Å². The predicted octanol–water partition coefficient (Wildman–Crippen LogP) is 3.44. The van der Waals surface area contributed by atoms with Crippen LogP contribution in [0.5, 0.6) is 0 Å². The molecule has 0 aliphatic heterocycles. The fourth-order valence-corrected chi connectivity index (χ4v) is 1.93. The third-order valence-corrected chi connectivity index (χ3v) is 3.20. The zero-order valence-electron chi connectivity index (χ0n) is 12.4. The molecule has 0 aliphatic carbocycles. The van der Waals surface area contributed by atoms with E-state index in [1.807, 2.05) is 37.3 Å². The van der Waals surface area contributed by atoms with Gasteiger partial charge in [0.05, 0.1) is 0 Å². The summed E-state index contributed by atoms with van der Waals surface area (Å²) in [6.07, 6.45) is 6.04. The number of amidine groups is 1. The van der Waals surface area contributed by atoms with E-state index in [0.717, 1.165) is 16.7 Å². The molecule has 0 spiro atoms. The van der Waals surface area contributed by atoms with Gasteiger partial charge in [0, 0.05) is 5.56 Å². The number of benzene rings is 1. The molecule has 0 saturated heterocycles. The summed E-state index contributed by atoms with van der Waals surface area (Å²) in [5.74, 6) is 6.06. The van der Waals surface area contributed by atoms with Crippen molar-refractivity contribution in [3.05, 3.63) is 65.8 Å². The van der Waals surface area contributed by atoms with Crippen LogP contribution < -0.4 is 11.6 Å². The van der Waals surface area contributed by atoms with Gasteiger partial charge >= 0.3 is 0 Å². The lowest BCUT2D eigenvalue weighted by atomic mass is 9.98. The molecule has 0 bridgehead atoms. The average Bonchev–Trinajstić information content (AvgIpc) is 2.46. The van der Waals surface area contributed by atoms with Gasteiger partial charge in [-0.25, -0.2) is 0 Å². The van der Waals surface area contributed by atoms with E-state index in [-0.39, 0.29) is 0 Å². The van der Waals surface area contributed by atoms with Gasteiger partial charge in [0.25, 0.3) is 0 Å². The van der Waals surface area contributed by atoms with Crippen LogP contribution >= 0.6 is 0 Å². The Bertz CT molecular complexity index is 563. The maximum atomic E-state index is 5.83. The molecule has 0 amide bonds. The quantitative estimate of drug-likeness (QED) is 0.283. The van der Waals surface area contributed by atoms with Crippen molar-refractivity contribution in [3.63, 3.8) is 0 Å². The molecule has 0 fully saturated rings. The number of rotatable bonds is 5. The Kier molecular flexibility index (Phi) is 5.78. The fourth-order valence-electron chi connectivity index (χ4n) is 1.93. The second-order valence-electron chi connectivity index (χ2n) is 4.94. The summed E-state index contributed by atoms with van der Waals surface area (Å²) in [4.78, 5) is 0. The Hall–Kier alpha value is -2.29. The van der Waals surface area contributed by atoms with Gasteiger partial charge in [-0.3, -0.25) is 0 Å². The number of hydrogen-bond acceptors (Lipinski definition) is 2. The van der Waals surface area contributed by atoms with Crippen LogP contribution in [-0.4, -0.2) is 5.84 Å². The molecule has 1 aromatic rings. The summed E-state index contributed by atoms with van der Waals surface area (Å²) in [5.41, 5.74) is 10.0. The topological polar surface area (TPSA) is 64.4 Å². The van der Waals surface area contributed by atoms with Crippen molar-refractivity contribution in [2.75, 3.05) is 0 Å². The number of hydrazone groups is 1. The molecule has 4 N–H and O–H groups in total. The average molecular weight is 269 g/mol. The summed E-state index contributed by atoms with van der Waals surface area (Å²) in [7, 11) is 0. The molecule has 106 valence electrons. The van der Waals surface area contributed by atoms with Crippen molar-refractivity contribution in [2.45, 2.75) is 20.8 Å². The van der Waals surface area contributed by atoms with E-state index in [1.165, 1.54) is 5.57 Å². The van der Waals surface area contributed by atoms with Crippen LogP contribution in [0.1, 0.15) is 31.9 Å². The van der Waals surface area contributed by atoms with Gasteiger partial charge in [-0.2, -0.15) is 5.10 Å². The Morgan fingerprint density at radius 2 is 1.80 bits per heavy atom. The smallest absolute Gasteiger partial charge is 0.150 e. The lowest BCUT2D eigenvalue weighted by Gasteiger charge is -2.09. The van der Waals surface area contributed by atoms with Crippen LogP contribution in [-0.2, 0) is 0 Å².